The van der Waals surface area contributed by atoms with Gasteiger partial charge in [0.25, 0.3) is 0 Å². The molecule has 1 atom stereocenters. The lowest BCUT2D eigenvalue weighted by Gasteiger charge is -2.13. The quantitative estimate of drug-likeness (QED) is 0.615. The molecule has 0 N–H and O–H groups in total. The van der Waals surface area contributed by atoms with E-state index in [0.29, 0.717) is 23.8 Å². The number of imidazole rings is 1. The fourth-order valence-electron chi connectivity index (χ4n) is 1.74. The minimum absolute atomic E-state index is 0.349. The van der Waals surface area contributed by atoms with E-state index in [1.165, 1.54) is 6.92 Å². The predicted octanol–water partition coefficient (Wildman–Crippen LogP) is 1.52. The summed E-state index contributed by atoms with van der Waals surface area (Å²) in [5, 5.41) is 3.85. The number of rotatable bonds is 4. The predicted molar refractivity (Wildman–Crippen MR) is 65.9 cm³/mol. The first-order chi connectivity index (χ1) is 9.10. The maximum atomic E-state index is 11.0. The van der Waals surface area contributed by atoms with Crippen molar-refractivity contribution in [3.63, 3.8) is 0 Å². The molecule has 0 unspecified atom stereocenters. The number of hydrogen-bond donors (Lipinski definition) is 0. The molecule has 6 heteroatoms. The van der Waals surface area contributed by atoms with Crippen LogP contribution in [-0.4, -0.2) is 20.7 Å². The molecule has 0 aromatic carbocycles. The molecule has 0 spiro atoms. The fraction of sp³-hybridized carbons (Fsp3) is 0.308. The summed E-state index contributed by atoms with van der Waals surface area (Å²) in [6.07, 6.45) is 8.20. The van der Waals surface area contributed by atoms with Gasteiger partial charge in [-0.05, 0) is 12.8 Å². The van der Waals surface area contributed by atoms with Crippen LogP contribution in [0.25, 0.3) is 0 Å². The molecule has 19 heavy (non-hydrogen) atoms. The Hall–Kier alpha value is -2.55. The Kier molecular flexibility index (Phi) is 3.66. The molecule has 0 fully saturated rings. The molecule has 0 aliphatic rings. The van der Waals surface area contributed by atoms with Crippen LogP contribution < -0.4 is 0 Å². The molecular formula is C13H13N3O3. The van der Waals surface area contributed by atoms with E-state index in [4.69, 9.17) is 15.7 Å². The SMILES string of the molecule is C#Cc1cc(Cn2ccnc2[C@H](C)OC(C)=O)no1. The summed E-state index contributed by atoms with van der Waals surface area (Å²) in [4.78, 5) is 15.1. The number of esters is 1. The Morgan fingerprint density at radius 3 is 3.11 bits per heavy atom. The van der Waals surface area contributed by atoms with Gasteiger partial charge in [0.05, 0.1) is 6.54 Å². The van der Waals surface area contributed by atoms with Crippen molar-refractivity contribution in [1.29, 1.82) is 0 Å². The van der Waals surface area contributed by atoms with E-state index in [1.807, 2.05) is 4.57 Å². The van der Waals surface area contributed by atoms with E-state index in [9.17, 15) is 4.79 Å². The molecule has 98 valence electrons. The van der Waals surface area contributed by atoms with Crippen molar-refractivity contribution in [2.24, 2.45) is 0 Å². The van der Waals surface area contributed by atoms with Crippen LogP contribution in [0.3, 0.4) is 0 Å². The number of aromatic nitrogens is 3. The maximum absolute atomic E-state index is 11.0. The molecule has 2 aromatic rings. The fourth-order valence-corrected chi connectivity index (χ4v) is 1.74. The Bertz CT molecular complexity index is 621. The molecule has 2 heterocycles. The molecule has 0 bridgehead atoms. The highest BCUT2D eigenvalue weighted by Crippen LogP contribution is 2.16. The second-order valence-electron chi connectivity index (χ2n) is 3.99. The van der Waals surface area contributed by atoms with Crippen molar-refractivity contribution in [2.75, 3.05) is 0 Å². The van der Waals surface area contributed by atoms with Crippen LogP contribution in [0.4, 0.5) is 0 Å². The first kappa shape index (κ1) is 12.9. The Morgan fingerprint density at radius 2 is 2.47 bits per heavy atom. The van der Waals surface area contributed by atoms with Gasteiger partial charge in [-0.25, -0.2) is 4.98 Å². The smallest absolute Gasteiger partial charge is 0.303 e. The van der Waals surface area contributed by atoms with Gasteiger partial charge >= 0.3 is 5.97 Å². The van der Waals surface area contributed by atoms with Gasteiger partial charge in [0.1, 0.15) is 11.5 Å². The van der Waals surface area contributed by atoms with Crippen LogP contribution in [0, 0.1) is 12.3 Å². The number of carbonyl (C=O) groups is 1. The molecule has 0 amide bonds. The zero-order valence-corrected chi connectivity index (χ0v) is 10.7. The highest BCUT2D eigenvalue weighted by Gasteiger charge is 2.15. The molecule has 0 saturated heterocycles. The average molecular weight is 259 g/mol. The highest BCUT2D eigenvalue weighted by molar-refractivity contribution is 5.66. The monoisotopic (exact) mass is 259 g/mol. The zero-order valence-electron chi connectivity index (χ0n) is 10.7. The van der Waals surface area contributed by atoms with E-state index < -0.39 is 6.10 Å². The van der Waals surface area contributed by atoms with Crippen molar-refractivity contribution in [2.45, 2.75) is 26.5 Å². The summed E-state index contributed by atoms with van der Waals surface area (Å²) in [7, 11) is 0. The van der Waals surface area contributed by atoms with Crippen molar-refractivity contribution in [3.8, 4) is 12.3 Å². The molecule has 0 aliphatic heterocycles. The number of nitrogens with zero attached hydrogens (tertiary/aromatic N) is 3. The van der Waals surface area contributed by atoms with Crippen molar-refractivity contribution in [1.82, 2.24) is 14.7 Å². The van der Waals surface area contributed by atoms with E-state index in [0.717, 1.165) is 0 Å². The van der Waals surface area contributed by atoms with Crippen LogP contribution in [0.1, 0.15) is 37.2 Å². The van der Waals surface area contributed by atoms with E-state index in [2.05, 4.69) is 16.1 Å². The zero-order chi connectivity index (χ0) is 13.8. The van der Waals surface area contributed by atoms with E-state index in [-0.39, 0.29) is 5.97 Å². The third kappa shape index (κ3) is 3.01. The van der Waals surface area contributed by atoms with Crippen molar-refractivity contribution < 1.29 is 14.1 Å². The van der Waals surface area contributed by atoms with Gasteiger partial charge in [0.15, 0.2) is 6.10 Å². The summed E-state index contributed by atoms with van der Waals surface area (Å²) in [5.74, 6) is 3.04. The molecule has 0 aliphatic carbocycles. The molecule has 6 nitrogen and oxygen atoms in total. The molecule has 0 radical (unpaired) electrons. The van der Waals surface area contributed by atoms with Crippen molar-refractivity contribution in [3.05, 3.63) is 35.7 Å². The lowest BCUT2D eigenvalue weighted by Crippen LogP contribution is -2.12. The molecule has 2 rings (SSSR count). The summed E-state index contributed by atoms with van der Waals surface area (Å²) < 4.78 is 11.8. The van der Waals surface area contributed by atoms with Gasteiger partial charge in [-0.1, -0.05) is 5.16 Å². The van der Waals surface area contributed by atoms with Gasteiger partial charge in [0, 0.05) is 25.4 Å². The normalized spacial score (nSPS) is 11.8. The lowest BCUT2D eigenvalue weighted by atomic mass is 10.3. The third-order valence-electron chi connectivity index (χ3n) is 2.49. The number of carbonyl (C=O) groups excluding carboxylic acids is 1. The Balaban J connectivity index is 2.15. The molecular weight excluding hydrogens is 246 g/mol. The van der Waals surface area contributed by atoms with Crippen molar-refractivity contribution >= 4 is 5.97 Å². The molecule has 2 aromatic heterocycles. The number of hydrogen-bond acceptors (Lipinski definition) is 5. The van der Waals surface area contributed by atoms with Crippen LogP contribution in [-0.2, 0) is 16.1 Å². The first-order valence-corrected chi connectivity index (χ1v) is 5.70. The van der Waals surface area contributed by atoms with Gasteiger partial charge in [-0.15, -0.1) is 6.42 Å². The minimum Gasteiger partial charge on any atom is -0.455 e. The van der Waals surface area contributed by atoms with Gasteiger partial charge in [0.2, 0.25) is 5.76 Å². The number of ether oxygens (including phenoxy) is 1. The minimum atomic E-state index is -0.425. The average Bonchev–Trinajstić information content (AvgIpc) is 2.97. The maximum Gasteiger partial charge on any atom is 0.303 e. The van der Waals surface area contributed by atoms with Crippen LogP contribution in [0.2, 0.25) is 0 Å². The van der Waals surface area contributed by atoms with Gasteiger partial charge < -0.3 is 13.8 Å². The van der Waals surface area contributed by atoms with Gasteiger partial charge in [-0.2, -0.15) is 0 Å². The summed E-state index contributed by atoms with van der Waals surface area (Å²) >= 11 is 0. The highest BCUT2D eigenvalue weighted by atomic mass is 16.5. The molecule has 0 saturated carbocycles. The number of terminal acetylenes is 1. The lowest BCUT2D eigenvalue weighted by molar-refractivity contribution is -0.146. The van der Waals surface area contributed by atoms with Gasteiger partial charge in [-0.3, -0.25) is 4.79 Å². The first-order valence-electron chi connectivity index (χ1n) is 5.70. The second kappa shape index (κ2) is 5.40. The Morgan fingerprint density at radius 1 is 1.68 bits per heavy atom. The van der Waals surface area contributed by atoms with Crippen LogP contribution >= 0.6 is 0 Å². The topological polar surface area (TPSA) is 70.2 Å². The standard InChI is InChI=1S/C13H13N3O3/c1-4-12-7-11(15-19-12)8-16-6-5-14-13(16)9(2)18-10(3)17/h1,5-7,9H,8H2,2-3H3/t9-/m0/s1. The van der Waals surface area contributed by atoms with E-state index >= 15 is 0 Å². The third-order valence-corrected chi connectivity index (χ3v) is 2.49. The summed E-state index contributed by atoms with van der Waals surface area (Å²) in [6, 6.07) is 1.68. The van der Waals surface area contributed by atoms with E-state index in [1.54, 1.807) is 25.4 Å². The summed E-state index contributed by atoms with van der Waals surface area (Å²) in [6.45, 7) is 3.57. The Labute approximate surface area is 110 Å². The van der Waals surface area contributed by atoms with Crippen LogP contribution in [0.5, 0.6) is 0 Å². The van der Waals surface area contributed by atoms with Crippen LogP contribution in [0.15, 0.2) is 23.0 Å². The summed E-state index contributed by atoms with van der Waals surface area (Å²) in [5.41, 5.74) is 0.683. The second-order valence-corrected chi connectivity index (χ2v) is 3.99. The largest absolute Gasteiger partial charge is 0.455 e.